The van der Waals surface area contributed by atoms with E-state index < -0.39 is 0 Å². The van der Waals surface area contributed by atoms with Crippen molar-refractivity contribution in [2.75, 3.05) is 19.4 Å². The summed E-state index contributed by atoms with van der Waals surface area (Å²) in [6.45, 7) is 0.599. The molecule has 0 saturated heterocycles. The van der Waals surface area contributed by atoms with Crippen molar-refractivity contribution in [3.8, 4) is 6.07 Å². The van der Waals surface area contributed by atoms with Gasteiger partial charge in [0.15, 0.2) is 0 Å². The Bertz CT molecular complexity index is 1140. The van der Waals surface area contributed by atoms with E-state index in [0.717, 1.165) is 28.2 Å². The van der Waals surface area contributed by atoms with Crippen LogP contribution in [0.5, 0.6) is 0 Å². The quantitative estimate of drug-likeness (QED) is 0.452. The highest BCUT2D eigenvalue weighted by Crippen LogP contribution is 2.29. The van der Waals surface area contributed by atoms with Gasteiger partial charge in [-0.05, 0) is 36.0 Å². The summed E-state index contributed by atoms with van der Waals surface area (Å²) in [6, 6.07) is 17.3. The van der Waals surface area contributed by atoms with E-state index in [1.54, 1.807) is 32.3 Å². The fourth-order valence-electron chi connectivity index (χ4n) is 2.95. The number of hydrogen-bond acceptors (Lipinski definition) is 4. The fraction of sp³-hybridized carbons (Fsp3) is 0.174. The molecule has 0 saturated carbocycles. The van der Waals surface area contributed by atoms with Gasteiger partial charge in [0.25, 0.3) is 5.24 Å². The average Bonchev–Trinajstić information content (AvgIpc) is 3.10. The number of nitriles is 1. The lowest BCUT2D eigenvalue weighted by atomic mass is 10.1. The molecule has 3 rings (SSSR count). The van der Waals surface area contributed by atoms with E-state index in [1.165, 1.54) is 11.0 Å². The number of aryl methyl sites for hydroxylation is 1. The van der Waals surface area contributed by atoms with Crippen molar-refractivity contribution in [2.45, 2.75) is 17.9 Å². The monoisotopic (exact) mass is 418 g/mol. The van der Waals surface area contributed by atoms with Crippen molar-refractivity contribution in [1.82, 2.24) is 9.47 Å². The molecule has 0 aliphatic rings. The molecule has 0 bridgehead atoms. The summed E-state index contributed by atoms with van der Waals surface area (Å²) in [4.78, 5) is 26.7. The van der Waals surface area contributed by atoms with E-state index in [1.807, 2.05) is 47.2 Å². The van der Waals surface area contributed by atoms with Gasteiger partial charge in [0.1, 0.15) is 0 Å². The number of anilines is 1. The molecule has 0 aliphatic heterocycles. The second-order valence-corrected chi connectivity index (χ2v) is 7.78. The minimum Gasteiger partial charge on any atom is -0.346 e. The van der Waals surface area contributed by atoms with Crippen LogP contribution in [0.2, 0.25) is 0 Å². The number of fused-ring (bicyclic) bond motifs is 1. The van der Waals surface area contributed by atoms with Crippen LogP contribution in [-0.2, 0) is 11.3 Å². The summed E-state index contributed by atoms with van der Waals surface area (Å²) in [6.07, 6.45) is 5.61. The SMILES string of the molecule is CN(C)C(=O)Sc1ccccc1NC(=O)/C=C/c1cn(CCC#N)c2ccccc12. The van der Waals surface area contributed by atoms with Crippen LogP contribution in [0.3, 0.4) is 0 Å². The Hall–Kier alpha value is -3.50. The second-order valence-electron chi connectivity index (χ2n) is 6.78. The van der Waals surface area contributed by atoms with Gasteiger partial charge in [-0.25, -0.2) is 0 Å². The number of nitrogens with zero attached hydrogens (tertiary/aromatic N) is 3. The van der Waals surface area contributed by atoms with Gasteiger partial charge in [0.05, 0.1) is 18.2 Å². The first-order valence-corrected chi connectivity index (χ1v) is 10.2. The van der Waals surface area contributed by atoms with E-state index >= 15 is 0 Å². The molecule has 7 heteroatoms. The zero-order valence-corrected chi connectivity index (χ0v) is 17.6. The van der Waals surface area contributed by atoms with Crippen LogP contribution in [0.1, 0.15) is 12.0 Å². The number of nitrogens with one attached hydrogen (secondary N) is 1. The largest absolute Gasteiger partial charge is 0.346 e. The fourth-order valence-corrected chi connectivity index (χ4v) is 3.69. The lowest BCUT2D eigenvalue weighted by Gasteiger charge is -2.12. The summed E-state index contributed by atoms with van der Waals surface area (Å²) in [5.74, 6) is -0.283. The number of thioether (sulfide) groups is 1. The zero-order chi connectivity index (χ0) is 21.5. The molecule has 1 N–H and O–H groups in total. The van der Waals surface area contributed by atoms with Crippen LogP contribution in [0, 0.1) is 11.3 Å². The minimum atomic E-state index is -0.283. The summed E-state index contributed by atoms with van der Waals surface area (Å²) in [7, 11) is 3.37. The number of carbonyl (C=O) groups is 2. The number of amides is 2. The van der Waals surface area contributed by atoms with Gasteiger partial charge >= 0.3 is 0 Å². The predicted octanol–water partition coefficient (Wildman–Crippen LogP) is 4.98. The maximum Gasteiger partial charge on any atom is 0.286 e. The Labute approximate surface area is 179 Å². The summed E-state index contributed by atoms with van der Waals surface area (Å²) >= 11 is 1.07. The first-order chi connectivity index (χ1) is 14.5. The molecule has 0 radical (unpaired) electrons. The van der Waals surface area contributed by atoms with Crippen LogP contribution in [0.15, 0.2) is 65.7 Å². The van der Waals surface area contributed by atoms with E-state index in [-0.39, 0.29) is 11.1 Å². The van der Waals surface area contributed by atoms with Gasteiger partial charge in [-0.15, -0.1) is 0 Å². The Balaban J connectivity index is 1.78. The van der Waals surface area contributed by atoms with Crippen LogP contribution < -0.4 is 5.32 Å². The second kappa shape index (κ2) is 9.81. The van der Waals surface area contributed by atoms with Gasteiger partial charge in [-0.2, -0.15) is 5.26 Å². The molecule has 0 fully saturated rings. The molecule has 30 heavy (non-hydrogen) atoms. The number of carbonyl (C=O) groups excluding carboxylic acids is 2. The van der Waals surface area contributed by atoms with Gasteiger partial charge in [-0.1, -0.05) is 30.3 Å². The van der Waals surface area contributed by atoms with Crippen molar-refractivity contribution in [2.24, 2.45) is 0 Å². The van der Waals surface area contributed by atoms with E-state index in [4.69, 9.17) is 5.26 Å². The topological polar surface area (TPSA) is 78.1 Å². The standard InChI is InChI=1S/C23H22N4O2S/c1-26(2)23(29)30-21-11-6-4-9-19(21)25-22(28)13-12-17-16-27(15-7-14-24)20-10-5-3-8-18(17)20/h3-6,8-13,16H,7,15H2,1-2H3,(H,25,28)/b13-12+. The minimum absolute atomic E-state index is 0.114. The Morgan fingerprint density at radius 1 is 1.17 bits per heavy atom. The number of rotatable bonds is 6. The van der Waals surface area contributed by atoms with Gasteiger partial charge < -0.3 is 14.8 Å². The summed E-state index contributed by atoms with van der Waals surface area (Å²) in [5.41, 5.74) is 2.52. The van der Waals surface area contributed by atoms with E-state index in [9.17, 15) is 9.59 Å². The molecule has 1 heterocycles. The molecule has 1 aromatic heterocycles. The predicted molar refractivity (Wildman–Crippen MR) is 121 cm³/mol. The molecule has 3 aromatic rings. The normalized spacial score (nSPS) is 10.8. The number of hydrogen-bond donors (Lipinski definition) is 1. The first kappa shape index (κ1) is 21.2. The van der Waals surface area contributed by atoms with Crippen LogP contribution in [0.25, 0.3) is 17.0 Å². The third kappa shape index (κ3) is 5.10. The van der Waals surface area contributed by atoms with Gasteiger partial charge in [-0.3, -0.25) is 9.59 Å². The maximum absolute atomic E-state index is 12.5. The smallest absolute Gasteiger partial charge is 0.286 e. The maximum atomic E-state index is 12.5. The molecule has 2 aromatic carbocycles. The third-order valence-electron chi connectivity index (χ3n) is 4.41. The highest BCUT2D eigenvalue weighted by Gasteiger charge is 2.12. The Morgan fingerprint density at radius 3 is 2.67 bits per heavy atom. The third-order valence-corrected chi connectivity index (χ3v) is 5.52. The van der Waals surface area contributed by atoms with Crippen LogP contribution in [0.4, 0.5) is 10.5 Å². The van der Waals surface area contributed by atoms with Gasteiger partial charge in [0, 0.05) is 54.3 Å². The highest BCUT2D eigenvalue weighted by atomic mass is 32.2. The van der Waals surface area contributed by atoms with Crippen molar-refractivity contribution >= 4 is 45.6 Å². The first-order valence-electron chi connectivity index (χ1n) is 9.41. The Kier molecular flexibility index (Phi) is 6.94. The molecule has 0 unspecified atom stereocenters. The van der Waals surface area contributed by atoms with Crippen molar-refractivity contribution < 1.29 is 9.59 Å². The lowest BCUT2D eigenvalue weighted by molar-refractivity contribution is -0.111. The van der Waals surface area contributed by atoms with Crippen LogP contribution >= 0.6 is 11.8 Å². The van der Waals surface area contributed by atoms with Crippen molar-refractivity contribution in [1.29, 1.82) is 5.26 Å². The Morgan fingerprint density at radius 2 is 1.90 bits per heavy atom. The molecule has 6 nitrogen and oxygen atoms in total. The number of benzene rings is 2. The molecule has 0 spiro atoms. The lowest BCUT2D eigenvalue weighted by Crippen LogP contribution is -2.16. The van der Waals surface area contributed by atoms with Crippen molar-refractivity contribution in [3.63, 3.8) is 0 Å². The van der Waals surface area contributed by atoms with Gasteiger partial charge in [0.2, 0.25) is 5.91 Å². The molecule has 0 aliphatic carbocycles. The van der Waals surface area contributed by atoms with Crippen molar-refractivity contribution in [3.05, 3.63) is 66.4 Å². The molecule has 2 amide bonds. The number of aromatic nitrogens is 1. The molecular weight excluding hydrogens is 396 g/mol. The summed E-state index contributed by atoms with van der Waals surface area (Å²) in [5, 5.41) is 12.6. The molecule has 152 valence electrons. The highest BCUT2D eigenvalue weighted by molar-refractivity contribution is 8.13. The van der Waals surface area contributed by atoms with E-state index in [0.29, 0.717) is 23.5 Å². The summed E-state index contributed by atoms with van der Waals surface area (Å²) < 4.78 is 2.02. The molecular formula is C23H22N4O2S. The van der Waals surface area contributed by atoms with E-state index in [2.05, 4.69) is 11.4 Å². The average molecular weight is 419 g/mol. The number of para-hydroxylation sites is 2. The zero-order valence-electron chi connectivity index (χ0n) is 16.8. The molecule has 0 atom stereocenters. The van der Waals surface area contributed by atoms with Crippen LogP contribution in [-0.4, -0.2) is 34.7 Å².